The summed E-state index contributed by atoms with van der Waals surface area (Å²) in [6, 6.07) is 10.3. The zero-order chi connectivity index (χ0) is 21.1. The first-order valence-electron chi connectivity index (χ1n) is 8.59. The van der Waals surface area contributed by atoms with Gasteiger partial charge in [-0.05, 0) is 49.4 Å². The first-order chi connectivity index (χ1) is 13.9. The van der Waals surface area contributed by atoms with E-state index in [1.165, 1.54) is 37.8 Å². The molecule has 0 N–H and O–H groups in total. The molecule has 0 aliphatic carbocycles. The summed E-state index contributed by atoms with van der Waals surface area (Å²) in [6.07, 6.45) is 1.71. The summed E-state index contributed by atoms with van der Waals surface area (Å²) in [7, 11) is 4.59. The Morgan fingerprint density at radius 1 is 1.00 bits per heavy atom. The number of nitrogens with zero attached hydrogens (tertiary/aromatic N) is 1. The van der Waals surface area contributed by atoms with Crippen molar-refractivity contribution in [3.05, 3.63) is 52.4 Å². The summed E-state index contributed by atoms with van der Waals surface area (Å²) >= 11 is 6.61. The number of thiocarbonyl (C=S) groups is 1. The van der Waals surface area contributed by atoms with E-state index < -0.39 is 0 Å². The first kappa shape index (κ1) is 20.9. The third kappa shape index (κ3) is 3.99. The second-order valence-electron chi connectivity index (χ2n) is 6.04. The van der Waals surface area contributed by atoms with Gasteiger partial charge in [-0.15, -0.1) is 0 Å². The zero-order valence-electron chi connectivity index (χ0n) is 16.3. The van der Waals surface area contributed by atoms with Crippen LogP contribution in [0.2, 0.25) is 0 Å². The number of Topliss-reactive ketones (excluding diaryl/α,β-unsaturated/α-hetero) is 1. The molecule has 8 heteroatoms. The Hall–Kier alpha value is -2.84. The number of ether oxygens (including phenoxy) is 3. The number of methoxy groups -OCH3 is 3. The second-order valence-corrected chi connectivity index (χ2v) is 7.72. The number of hydrogen-bond acceptors (Lipinski definition) is 7. The van der Waals surface area contributed by atoms with E-state index in [1.807, 2.05) is 0 Å². The van der Waals surface area contributed by atoms with Gasteiger partial charge < -0.3 is 14.2 Å². The Balaban J connectivity index is 1.97. The van der Waals surface area contributed by atoms with Gasteiger partial charge in [0.05, 0.1) is 31.9 Å². The number of benzene rings is 2. The summed E-state index contributed by atoms with van der Waals surface area (Å²) in [5.74, 6) is 1.15. The quantitative estimate of drug-likeness (QED) is 0.385. The third-order valence-electron chi connectivity index (χ3n) is 4.35. The molecule has 0 unspecified atom stereocenters. The minimum atomic E-state index is -0.243. The van der Waals surface area contributed by atoms with Crippen LogP contribution in [-0.4, -0.2) is 37.3 Å². The van der Waals surface area contributed by atoms with Crippen LogP contribution in [0.1, 0.15) is 22.8 Å². The Labute approximate surface area is 178 Å². The lowest BCUT2D eigenvalue weighted by Crippen LogP contribution is -2.27. The minimum Gasteiger partial charge on any atom is -0.493 e. The number of amides is 1. The number of anilines is 1. The maximum atomic E-state index is 13.0. The average molecular weight is 430 g/mol. The molecule has 1 heterocycles. The van der Waals surface area contributed by atoms with Crippen LogP contribution >= 0.6 is 24.0 Å². The molecule has 1 amide bonds. The standard InChI is InChI=1S/C21H19NO5S2/c1-12(23)13-5-8-15(9-6-13)22-20(24)17(29-21(22)28)11-14-7-10-16(25-2)19(27-4)18(14)26-3/h5-11H,1-4H3/b17-11-. The van der Waals surface area contributed by atoms with Crippen molar-refractivity contribution in [2.45, 2.75) is 6.92 Å². The molecule has 2 aromatic carbocycles. The van der Waals surface area contributed by atoms with E-state index in [-0.39, 0.29) is 11.7 Å². The van der Waals surface area contributed by atoms with Crippen LogP contribution in [0.3, 0.4) is 0 Å². The lowest BCUT2D eigenvalue weighted by molar-refractivity contribution is -0.113. The van der Waals surface area contributed by atoms with E-state index in [4.69, 9.17) is 26.4 Å². The van der Waals surface area contributed by atoms with E-state index in [9.17, 15) is 9.59 Å². The molecular weight excluding hydrogens is 410 g/mol. The highest BCUT2D eigenvalue weighted by atomic mass is 32.2. The van der Waals surface area contributed by atoms with Crippen LogP contribution < -0.4 is 19.1 Å². The number of rotatable bonds is 6. The van der Waals surface area contributed by atoms with Crippen LogP contribution in [0, 0.1) is 0 Å². The Morgan fingerprint density at radius 2 is 1.66 bits per heavy atom. The molecule has 1 aliphatic rings. The molecule has 150 valence electrons. The Kier molecular flexibility index (Phi) is 6.24. The van der Waals surface area contributed by atoms with Gasteiger partial charge in [0.15, 0.2) is 21.6 Å². The molecule has 0 aromatic heterocycles. The fourth-order valence-electron chi connectivity index (χ4n) is 2.91. The van der Waals surface area contributed by atoms with E-state index in [1.54, 1.807) is 49.6 Å². The molecular formula is C21H19NO5S2. The molecule has 29 heavy (non-hydrogen) atoms. The van der Waals surface area contributed by atoms with Crippen molar-refractivity contribution in [1.29, 1.82) is 0 Å². The predicted molar refractivity (Wildman–Crippen MR) is 118 cm³/mol. The first-order valence-corrected chi connectivity index (χ1v) is 9.81. The predicted octanol–water partition coefficient (Wildman–Crippen LogP) is 4.32. The van der Waals surface area contributed by atoms with Gasteiger partial charge in [-0.25, -0.2) is 0 Å². The number of hydrogen-bond donors (Lipinski definition) is 0. The molecule has 0 saturated carbocycles. The van der Waals surface area contributed by atoms with Crippen molar-refractivity contribution in [2.75, 3.05) is 26.2 Å². The number of carbonyl (C=O) groups is 2. The normalized spacial score (nSPS) is 15.0. The second kappa shape index (κ2) is 8.67. The van der Waals surface area contributed by atoms with Crippen molar-refractivity contribution >= 4 is 51.8 Å². The van der Waals surface area contributed by atoms with Gasteiger partial charge in [0, 0.05) is 11.1 Å². The number of ketones is 1. The van der Waals surface area contributed by atoms with Gasteiger partial charge in [0.2, 0.25) is 5.75 Å². The van der Waals surface area contributed by atoms with E-state index in [2.05, 4.69) is 0 Å². The largest absolute Gasteiger partial charge is 0.493 e. The highest BCUT2D eigenvalue weighted by Crippen LogP contribution is 2.43. The zero-order valence-corrected chi connectivity index (χ0v) is 18.0. The fourth-order valence-corrected chi connectivity index (χ4v) is 4.20. The molecule has 3 rings (SSSR count). The average Bonchev–Trinajstić information content (AvgIpc) is 3.00. The molecule has 0 spiro atoms. The van der Waals surface area contributed by atoms with E-state index in [0.717, 1.165) is 0 Å². The topological polar surface area (TPSA) is 65.1 Å². The summed E-state index contributed by atoms with van der Waals surface area (Å²) in [5, 5.41) is 0. The van der Waals surface area contributed by atoms with Crippen LogP contribution in [0.5, 0.6) is 17.2 Å². The smallest absolute Gasteiger partial charge is 0.270 e. The van der Waals surface area contributed by atoms with Gasteiger partial charge in [-0.1, -0.05) is 24.0 Å². The molecule has 1 saturated heterocycles. The van der Waals surface area contributed by atoms with Crippen molar-refractivity contribution < 1.29 is 23.8 Å². The monoisotopic (exact) mass is 429 g/mol. The van der Waals surface area contributed by atoms with Crippen molar-refractivity contribution in [3.8, 4) is 17.2 Å². The summed E-state index contributed by atoms with van der Waals surface area (Å²) in [4.78, 5) is 26.4. The number of carbonyl (C=O) groups excluding carboxylic acids is 2. The van der Waals surface area contributed by atoms with Crippen molar-refractivity contribution in [3.63, 3.8) is 0 Å². The highest BCUT2D eigenvalue weighted by Gasteiger charge is 2.33. The van der Waals surface area contributed by atoms with Gasteiger partial charge in [-0.3, -0.25) is 14.5 Å². The minimum absolute atomic E-state index is 0.0395. The van der Waals surface area contributed by atoms with E-state index in [0.29, 0.717) is 43.3 Å². The van der Waals surface area contributed by atoms with Gasteiger partial charge >= 0.3 is 0 Å². The maximum Gasteiger partial charge on any atom is 0.270 e. The van der Waals surface area contributed by atoms with Crippen LogP contribution in [-0.2, 0) is 4.79 Å². The lowest BCUT2D eigenvalue weighted by atomic mass is 10.1. The summed E-state index contributed by atoms with van der Waals surface area (Å²) < 4.78 is 16.6. The molecule has 1 aliphatic heterocycles. The third-order valence-corrected chi connectivity index (χ3v) is 5.65. The van der Waals surface area contributed by atoms with Crippen LogP contribution in [0.15, 0.2) is 41.3 Å². The number of thioether (sulfide) groups is 1. The van der Waals surface area contributed by atoms with Gasteiger partial charge in [0.1, 0.15) is 0 Å². The Morgan fingerprint density at radius 3 is 2.21 bits per heavy atom. The maximum absolute atomic E-state index is 13.0. The van der Waals surface area contributed by atoms with Crippen LogP contribution in [0.25, 0.3) is 6.08 Å². The molecule has 0 atom stereocenters. The lowest BCUT2D eigenvalue weighted by Gasteiger charge is -2.15. The molecule has 6 nitrogen and oxygen atoms in total. The van der Waals surface area contributed by atoms with Crippen LogP contribution in [0.4, 0.5) is 5.69 Å². The SMILES string of the molecule is COc1ccc(/C=C2\SC(=S)N(c3ccc(C(C)=O)cc3)C2=O)c(OC)c1OC. The highest BCUT2D eigenvalue weighted by molar-refractivity contribution is 8.27. The molecule has 0 radical (unpaired) electrons. The molecule has 2 aromatic rings. The van der Waals surface area contributed by atoms with Gasteiger partial charge in [0.25, 0.3) is 5.91 Å². The van der Waals surface area contributed by atoms with Gasteiger partial charge in [-0.2, -0.15) is 0 Å². The van der Waals surface area contributed by atoms with Crippen molar-refractivity contribution in [2.24, 2.45) is 0 Å². The molecule has 0 bridgehead atoms. The fraction of sp³-hybridized carbons (Fsp3) is 0.190. The summed E-state index contributed by atoms with van der Waals surface area (Å²) in [6.45, 7) is 1.49. The molecule has 1 fully saturated rings. The van der Waals surface area contributed by atoms with E-state index >= 15 is 0 Å². The Bertz CT molecular complexity index is 1010. The van der Waals surface area contributed by atoms with Crippen molar-refractivity contribution in [1.82, 2.24) is 0 Å². The summed E-state index contributed by atoms with van der Waals surface area (Å²) in [5.41, 5.74) is 1.85.